The summed E-state index contributed by atoms with van der Waals surface area (Å²) in [7, 11) is 0. The molecule has 0 spiro atoms. The van der Waals surface area contributed by atoms with Gasteiger partial charge >= 0.3 is 6.09 Å². The first kappa shape index (κ1) is 13.9. The zero-order valence-corrected chi connectivity index (χ0v) is 12.5. The molecule has 0 aliphatic heterocycles. The fourth-order valence-corrected chi connectivity index (χ4v) is 3.38. The lowest BCUT2D eigenvalue weighted by Gasteiger charge is -2.36. The molecule has 1 aromatic carbocycles. The van der Waals surface area contributed by atoms with Crippen molar-refractivity contribution in [3.05, 3.63) is 35.0 Å². The van der Waals surface area contributed by atoms with Crippen LogP contribution in [-0.2, 0) is 12.8 Å². The molecule has 2 aromatic rings. The van der Waals surface area contributed by atoms with Crippen LogP contribution in [0.3, 0.4) is 0 Å². The number of fused-ring (bicyclic) bond motifs is 3. The lowest BCUT2D eigenvalue weighted by Crippen LogP contribution is -2.59. The topological polar surface area (TPSA) is 91.1 Å². The third-order valence-corrected chi connectivity index (χ3v) is 4.64. The van der Waals surface area contributed by atoms with Gasteiger partial charge in [0, 0.05) is 23.0 Å². The molecule has 110 valence electrons. The van der Waals surface area contributed by atoms with Gasteiger partial charge in [-0.25, -0.2) is 4.79 Å². The third-order valence-electron chi connectivity index (χ3n) is 4.25. The monoisotopic (exact) mass is 303 g/mol. The summed E-state index contributed by atoms with van der Waals surface area (Å²) < 4.78 is 0. The number of aromatic amines is 1. The summed E-state index contributed by atoms with van der Waals surface area (Å²) in [5.74, 6) is 0. The van der Waals surface area contributed by atoms with E-state index >= 15 is 0 Å². The van der Waals surface area contributed by atoms with Gasteiger partial charge < -0.3 is 21.1 Å². The summed E-state index contributed by atoms with van der Waals surface area (Å²) in [5, 5.41) is 12.7. The predicted molar refractivity (Wildman–Crippen MR) is 85.7 cm³/mol. The minimum Gasteiger partial charge on any atom is -0.465 e. The quantitative estimate of drug-likeness (QED) is 0.640. The maximum atomic E-state index is 11.1. The number of carboxylic acid groups (broad SMARTS) is 1. The molecule has 1 heterocycles. The van der Waals surface area contributed by atoms with E-state index in [1.807, 2.05) is 6.92 Å². The van der Waals surface area contributed by atoms with E-state index in [2.05, 4.69) is 28.5 Å². The number of aryl methyl sites for hydroxylation is 2. The van der Waals surface area contributed by atoms with Crippen molar-refractivity contribution >= 4 is 34.2 Å². The number of rotatable bonds is 2. The molecule has 5 nitrogen and oxygen atoms in total. The number of benzene rings is 1. The molecule has 3 rings (SSSR count). The van der Waals surface area contributed by atoms with Crippen LogP contribution in [0.5, 0.6) is 0 Å². The first-order valence-electron chi connectivity index (χ1n) is 6.82. The average Bonchev–Trinajstić information content (AvgIpc) is 2.74. The van der Waals surface area contributed by atoms with Gasteiger partial charge in [-0.1, -0.05) is 24.4 Å². The summed E-state index contributed by atoms with van der Waals surface area (Å²) in [6.07, 6.45) is 0.697. The Morgan fingerprint density at radius 1 is 1.52 bits per heavy atom. The first-order valence-corrected chi connectivity index (χ1v) is 7.23. The highest BCUT2D eigenvalue weighted by atomic mass is 32.1. The molecule has 1 aromatic heterocycles. The molecule has 0 saturated carbocycles. The molecule has 0 bridgehead atoms. The number of hydrogen-bond acceptors (Lipinski definition) is 2. The fourth-order valence-electron chi connectivity index (χ4n) is 3.15. The summed E-state index contributed by atoms with van der Waals surface area (Å²) in [4.78, 5) is 14.7. The fraction of sp³-hybridized carbons (Fsp3) is 0.333. The second-order valence-corrected chi connectivity index (χ2v) is 6.12. The van der Waals surface area contributed by atoms with E-state index in [1.165, 1.54) is 5.56 Å². The minimum absolute atomic E-state index is 0.206. The zero-order valence-electron chi connectivity index (χ0n) is 11.7. The van der Waals surface area contributed by atoms with Gasteiger partial charge in [-0.15, -0.1) is 0 Å². The Labute approximate surface area is 127 Å². The Hall–Kier alpha value is -2.08. The second-order valence-electron chi connectivity index (χ2n) is 5.68. The van der Waals surface area contributed by atoms with Gasteiger partial charge in [0.15, 0.2) is 0 Å². The van der Waals surface area contributed by atoms with E-state index in [1.54, 1.807) is 0 Å². The Morgan fingerprint density at radius 3 is 2.95 bits per heavy atom. The minimum atomic E-state index is -1.10. The van der Waals surface area contributed by atoms with Gasteiger partial charge in [-0.05, 0) is 37.0 Å². The number of H-pyrrole nitrogens is 1. The number of amides is 1. The van der Waals surface area contributed by atoms with Crippen LogP contribution in [0.4, 0.5) is 4.79 Å². The molecule has 21 heavy (non-hydrogen) atoms. The Bertz CT molecular complexity index is 753. The van der Waals surface area contributed by atoms with Gasteiger partial charge in [0.05, 0.1) is 10.5 Å². The second kappa shape index (κ2) is 4.73. The van der Waals surface area contributed by atoms with Crippen LogP contribution in [0.15, 0.2) is 18.2 Å². The van der Waals surface area contributed by atoms with E-state index in [0.29, 0.717) is 12.8 Å². The molecule has 5 N–H and O–H groups in total. The standard InChI is InChI=1S/C15H17N3O2S/c1-8-2-3-9-10-7-15(13(16)21,18-14(19)20)5-4-11(10)17-12(9)6-8/h2-3,6,17-18H,4-5,7H2,1H3,(H2,16,21)(H,19,20). The molecule has 1 unspecified atom stereocenters. The lowest BCUT2D eigenvalue weighted by molar-refractivity contribution is 0.183. The van der Waals surface area contributed by atoms with Crippen molar-refractivity contribution in [2.45, 2.75) is 31.7 Å². The van der Waals surface area contributed by atoms with Gasteiger partial charge in [0.25, 0.3) is 0 Å². The van der Waals surface area contributed by atoms with Crippen LogP contribution in [0.2, 0.25) is 0 Å². The van der Waals surface area contributed by atoms with Gasteiger partial charge in [-0.2, -0.15) is 0 Å². The molecule has 1 aliphatic carbocycles. The average molecular weight is 303 g/mol. The summed E-state index contributed by atoms with van der Waals surface area (Å²) in [5.41, 5.74) is 9.51. The van der Waals surface area contributed by atoms with Crippen molar-refractivity contribution in [2.75, 3.05) is 0 Å². The normalized spacial score (nSPS) is 21.0. The number of nitrogens with two attached hydrogens (primary N) is 1. The maximum absolute atomic E-state index is 11.1. The van der Waals surface area contributed by atoms with Gasteiger partial charge in [0.1, 0.15) is 0 Å². The van der Waals surface area contributed by atoms with Gasteiger partial charge in [-0.3, -0.25) is 0 Å². The number of thiocarbonyl (C=S) groups is 1. The van der Waals surface area contributed by atoms with Crippen molar-refractivity contribution in [1.82, 2.24) is 10.3 Å². The van der Waals surface area contributed by atoms with E-state index in [0.717, 1.165) is 28.6 Å². The number of nitrogens with one attached hydrogen (secondary N) is 2. The van der Waals surface area contributed by atoms with Crippen LogP contribution in [0, 0.1) is 6.92 Å². The Morgan fingerprint density at radius 2 is 2.29 bits per heavy atom. The maximum Gasteiger partial charge on any atom is 0.405 e. The molecule has 1 amide bonds. The SMILES string of the molecule is Cc1ccc2c3c([nH]c2c1)CCC(NC(=O)O)(C(N)=S)C3. The van der Waals surface area contributed by atoms with E-state index in [9.17, 15) is 4.79 Å². The highest BCUT2D eigenvalue weighted by Gasteiger charge is 2.40. The van der Waals surface area contributed by atoms with Crippen LogP contribution < -0.4 is 11.1 Å². The molecule has 0 radical (unpaired) electrons. The molecule has 0 saturated heterocycles. The van der Waals surface area contributed by atoms with Crippen molar-refractivity contribution in [1.29, 1.82) is 0 Å². The smallest absolute Gasteiger partial charge is 0.405 e. The molecular formula is C15H17N3O2S. The molecule has 6 heteroatoms. The van der Waals surface area contributed by atoms with Crippen molar-refractivity contribution in [3.63, 3.8) is 0 Å². The van der Waals surface area contributed by atoms with Crippen LogP contribution >= 0.6 is 12.2 Å². The number of aromatic nitrogens is 1. The molecule has 1 aliphatic rings. The number of carbonyl (C=O) groups is 1. The third kappa shape index (κ3) is 2.25. The predicted octanol–water partition coefficient (Wildman–Crippen LogP) is 2.26. The molecule has 0 fully saturated rings. The zero-order chi connectivity index (χ0) is 15.2. The van der Waals surface area contributed by atoms with Gasteiger partial charge in [0.2, 0.25) is 0 Å². The summed E-state index contributed by atoms with van der Waals surface area (Å²) in [6, 6.07) is 6.22. The summed E-state index contributed by atoms with van der Waals surface area (Å²) >= 11 is 5.13. The molecular weight excluding hydrogens is 286 g/mol. The Kier molecular flexibility index (Phi) is 3.13. The van der Waals surface area contributed by atoms with E-state index in [-0.39, 0.29) is 4.99 Å². The molecule has 1 atom stereocenters. The summed E-state index contributed by atoms with van der Waals surface area (Å²) in [6.45, 7) is 2.05. The highest BCUT2D eigenvalue weighted by molar-refractivity contribution is 7.80. The van der Waals surface area contributed by atoms with Crippen molar-refractivity contribution < 1.29 is 9.90 Å². The van der Waals surface area contributed by atoms with Crippen molar-refractivity contribution in [3.8, 4) is 0 Å². The van der Waals surface area contributed by atoms with Crippen LogP contribution in [-0.4, -0.2) is 26.7 Å². The first-order chi connectivity index (χ1) is 9.91. The van der Waals surface area contributed by atoms with Crippen LogP contribution in [0.25, 0.3) is 10.9 Å². The van der Waals surface area contributed by atoms with E-state index in [4.69, 9.17) is 23.1 Å². The largest absolute Gasteiger partial charge is 0.465 e. The van der Waals surface area contributed by atoms with E-state index < -0.39 is 11.6 Å². The number of hydrogen-bond donors (Lipinski definition) is 4. The highest BCUT2D eigenvalue weighted by Crippen LogP contribution is 2.34. The Balaban J connectivity index is 2.09. The van der Waals surface area contributed by atoms with Crippen molar-refractivity contribution in [2.24, 2.45) is 5.73 Å². The van der Waals surface area contributed by atoms with Crippen LogP contribution in [0.1, 0.15) is 23.2 Å². The lowest BCUT2D eigenvalue weighted by atomic mass is 9.79.